The monoisotopic (exact) mass is 299 g/mol. The minimum absolute atomic E-state index is 0.683. The molecule has 0 unspecified atom stereocenters. The number of β-lactam (4-membered cyclic amide) rings is 1. The van der Waals surface area contributed by atoms with E-state index in [1.807, 2.05) is 0 Å². The SMILES string of the molecule is C[C@]1(/C=C/C#N)[C@H](C(=O)[O-])N2C(=O)[C@@H](CO)[C@H]2S1(=O)=O. The zero-order chi connectivity index (χ0) is 15.3. The predicted octanol–water partition coefficient (Wildman–Crippen LogP) is -2.85. The summed E-state index contributed by atoms with van der Waals surface area (Å²) in [7, 11) is -4.10. The highest BCUT2D eigenvalue weighted by molar-refractivity contribution is 7.94. The van der Waals surface area contributed by atoms with Crippen molar-refractivity contribution in [3.63, 3.8) is 0 Å². The van der Waals surface area contributed by atoms with E-state index in [1.54, 1.807) is 6.07 Å². The third kappa shape index (κ3) is 1.46. The van der Waals surface area contributed by atoms with E-state index >= 15 is 0 Å². The smallest absolute Gasteiger partial charge is 0.232 e. The Kier molecular flexibility index (Phi) is 3.11. The Bertz CT molecular complexity index is 648. The number of carboxylic acids is 1. The fourth-order valence-corrected chi connectivity index (χ4v) is 5.25. The van der Waals surface area contributed by atoms with E-state index < -0.39 is 50.4 Å². The molecule has 2 fully saturated rings. The lowest BCUT2D eigenvalue weighted by Crippen LogP contribution is -2.66. The number of carbonyl (C=O) groups excluding carboxylic acids is 2. The first-order valence-electron chi connectivity index (χ1n) is 5.68. The lowest BCUT2D eigenvalue weighted by molar-refractivity contribution is -0.312. The molecule has 0 aromatic carbocycles. The number of sulfone groups is 1. The first kappa shape index (κ1) is 14.5. The number of rotatable bonds is 3. The second-order valence-electron chi connectivity index (χ2n) is 4.84. The summed E-state index contributed by atoms with van der Waals surface area (Å²) in [6.07, 6.45) is 1.81. The van der Waals surface area contributed by atoms with Crippen LogP contribution in [0.3, 0.4) is 0 Å². The summed E-state index contributed by atoms with van der Waals surface area (Å²) in [6.45, 7) is 0.438. The van der Waals surface area contributed by atoms with Crippen LogP contribution in [0.4, 0.5) is 0 Å². The maximum Gasteiger partial charge on any atom is 0.232 e. The van der Waals surface area contributed by atoms with Gasteiger partial charge in [0.25, 0.3) is 0 Å². The molecule has 2 aliphatic rings. The van der Waals surface area contributed by atoms with Gasteiger partial charge in [0.05, 0.1) is 30.6 Å². The normalized spacial score (nSPS) is 38.4. The van der Waals surface area contributed by atoms with Crippen molar-refractivity contribution < 1.29 is 28.2 Å². The molecule has 1 N–H and O–H groups in total. The molecule has 2 aliphatic heterocycles. The van der Waals surface area contributed by atoms with E-state index in [-0.39, 0.29) is 0 Å². The van der Waals surface area contributed by atoms with Gasteiger partial charge in [-0.1, -0.05) is 6.08 Å². The van der Waals surface area contributed by atoms with E-state index in [0.717, 1.165) is 19.1 Å². The van der Waals surface area contributed by atoms with Crippen molar-refractivity contribution >= 4 is 21.7 Å². The molecular weight excluding hydrogens is 288 g/mol. The molecule has 0 spiro atoms. The number of nitriles is 1. The highest BCUT2D eigenvalue weighted by atomic mass is 32.2. The summed E-state index contributed by atoms with van der Waals surface area (Å²) < 4.78 is 23.0. The maximum absolute atomic E-state index is 12.5. The van der Waals surface area contributed by atoms with Gasteiger partial charge >= 0.3 is 0 Å². The third-order valence-corrected chi connectivity index (χ3v) is 6.63. The van der Waals surface area contributed by atoms with Crippen LogP contribution in [0.1, 0.15) is 6.92 Å². The molecule has 0 aliphatic carbocycles. The van der Waals surface area contributed by atoms with Crippen molar-refractivity contribution in [2.24, 2.45) is 5.92 Å². The molecule has 9 heteroatoms. The second kappa shape index (κ2) is 4.29. The van der Waals surface area contributed by atoms with Crippen LogP contribution in [0.25, 0.3) is 0 Å². The molecule has 1 amide bonds. The van der Waals surface area contributed by atoms with Crippen molar-refractivity contribution in [1.29, 1.82) is 5.26 Å². The number of amides is 1. The maximum atomic E-state index is 12.5. The Morgan fingerprint density at radius 1 is 1.65 bits per heavy atom. The number of aliphatic hydroxyl groups is 1. The van der Waals surface area contributed by atoms with E-state index in [4.69, 9.17) is 10.4 Å². The summed E-state index contributed by atoms with van der Waals surface area (Å²) in [6, 6.07) is -0.118. The van der Waals surface area contributed by atoms with Crippen molar-refractivity contribution in [1.82, 2.24) is 4.90 Å². The van der Waals surface area contributed by atoms with Crippen LogP contribution in [-0.2, 0) is 19.4 Å². The molecule has 0 aromatic heterocycles. The molecule has 108 valence electrons. The van der Waals surface area contributed by atoms with Gasteiger partial charge < -0.3 is 19.9 Å². The van der Waals surface area contributed by atoms with Gasteiger partial charge in [0.15, 0.2) is 9.84 Å². The van der Waals surface area contributed by atoms with Crippen molar-refractivity contribution in [3.8, 4) is 6.07 Å². The van der Waals surface area contributed by atoms with Crippen molar-refractivity contribution in [2.45, 2.75) is 23.1 Å². The van der Waals surface area contributed by atoms with Gasteiger partial charge in [-0.05, 0) is 6.92 Å². The van der Waals surface area contributed by atoms with Crippen LogP contribution in [-0.4, -0.2) is 53.1 Å². The highest BCUT2D eigenvalue weighted by Crippen LogP contribution is 2.49. The molecule has 0 bridgehead atoms. The van der Waals surface area contributed by atoms with Crippen LogP contribution < -0.4 is 5.11 Å². The molecule has 4 atom stereocenters. The standard InChI is InChI=1S/C11H12N2O6S/c1-11(3-2-4-12)7(10(16)17)13-8(15)6(5-14)9(13)20(11,18)19/h2-3,6-7,9,14H,5H2,1H3,(H,16,17)/p-1/b3-2+/t6-,7+,9-,11+/m1/s1. The van der Waals surface area contributed by atoms with Gasteiger partial charge in [-0.15, -0.1) is 0 Å². The van der Waals surface area contributed by atoms with Crippen LogP contribution in [0.5, 0.6) is 0 Å². The Hall–Kier alpha value is -1.92. The van der Waals surface area contributed by atoms with Gasteiger partial charge in [0.1, 0.15) is 10.1 Å². The van der Waals surface area contributed by atoms with E-state index in [0.29, 0.717) is 4.90 Å². The highest BCUT2D eigenvalue weighted by Gasteiger charge is 2.71. The fourth-order valence-electron chi connectivity index (χ4n) is 2.79. The number of allylic oxidation sites excluding steroid dienone is 1. The Labute approximate surface area is 114 Å². The van der Waals surface area contributed by atoms with Crippen LogP contribution in [0.15, 0.2) is 12.2 Å². The Morgan fingerprint density at radius 3 is 2.70 bits per heavy atom. The molecule has 0 aromatic rings. The number of nitrogens with zero attached hydrogens (tertiary/aromatic N) is 2. The van der Waals surface area contributed by atoms with Crippen molar-refractivity contribution in [3.05, 3.63) is 12.2 Å². The first-order valence-corrected chi connectivity index (χ1v) is 7.23. The second-order valence-corrected chi connectivity index (χ2v) is 7.29. The molecule has 2 saturated heterocycles. The molecule has 0 radical (unpaired) electrons. The fraction of sp³-hybridized carbons (Fsp3) is 0.545. The molecule has 2 rings (SSSR count). The number of hydrogen-bond acceptors (Lipinski definition) is 7. The van der Waals surface area contributed by atoms with Crippen molar-refractivity contribution in [2.75, 3.05) is 6.61 Å². The Balaban J connectivity index is 2.63. The average molecular weight is 299 g/mol. The zero-order valence-electron chi connectivity index (χ0n) is 10.4. The summed E-state index contributed by atoms with van der Waals surface area (Å²) in [5.74, 6) is -3.63. The average Bonchev–Trinajstić information content (AvgIpc) is 2.52. The first-order chi connectivity index (χ1) is 9.24. The summed E-state index contributed by atoms with van der Waals surface area (Å²) in [5, 5.41) is 27.4. The lowest BCUT2D eigenvalue weighted by Gasteiger charge is -2.43. The number of aliphatic hydroxyl groups excluding tert-OH is 1. The number of fused-ring (bicyclic) bond motifs is 1. The van der Waals surface area contributed by atoms with Gasteiger partial charge in [0.2, 0.25) is 5.91 Å². The van der Waals surface area contributed by atoms with Crippen LogP contribution in [0.2, 0.25) is 0 Å². The molecule has 2 heterocycles. The van der Waals surface area contributed by atoms with Gasteiger partial charge in [-0.3, -0.25) is 4.79 Å². The van der Waals surface area contributed by atoms with Gasteiger partial charge in [-0.2, -0.15) is 5.26 Å². The molecule has 20 heavy (non-hydrogen) atoms. The number of hydrogen-bond donors (Lipinski definition) is 1. The van der Waals surface area contributed by atoms with E-state index in [2.05, 4.69) is 0 Å². The lowest BCUT2D eigenvalue weighted by atomic mass is 9.91. The van der Waals surface area contributed by atoms with Crippen LogP contribution >= 0.6 is 0 Å². The topological polar surface area (TPSA) is 139 Å². The predicted molar refractivity (Wildman–Crippen MR) is 62.1 cm³/mol. The Morgan fingerprint density at radius 2 is 2.25 bits per heavy atom. The van der Waals surface area contributed by atoms with Crippen LogP contribution in [0, 0.1) is 17.2 Å². The summed E-state index contributed by atoms with van der Waals surface area (Å²) in [4.78, 5) is 23.7. The minimum Gasteiger partial charge on any atom is -0.548 e. The van der Waals surface area contributed by atoms with E-state index in [1.165, 1.54) is 0 Å². The summed E-state index contributed by atoms with van der Waals surface area (Å²) >= 11 is 0. The molecular formula is C11H11N2O6S-. The third-order valence-electron chi connectivity index (χ3n) is 3.85. The van der Waals surface area contributed by atoms with E-state index in [9.17, 15) is 23.1 Å². The van der Waals surface area contributed by atoms with Gasteiger partial charge in [0, 0.05) is 6.08 Å². The number of carboxylic acid groups (broad SMARTS) is 1. The van der Waals surface area contributed by atoms with Gasteiger partial charge in [-0.25, -0.2) is 8.42 Å². The zero-order valence-corrected chi connectivity index (χ0v) is 11.2. The molecule has 8 nitrogen and oxygen atoms in total. The number of carbonyl (C=O) groups is 2. The number of aliphatic carboxylic acids is 1. The quantitative estimate of drug-likeness (QED) is 0.437. The molecule has 0 saturated carbocycles. The minimum atomic E-state index is -4.10. The largest absolute Gasteiger partial charge is 0.548 e. The summed E-state index contributed by atoms with van der Waals surface area (Å²) in [5.41, 5.74) is 0.